The van der Waals surface area contributed by atoms with Gasteiger partial charge in [0.1, 0.15) is 0 Å². The summed E-state index contributed by atoms with van der Waals surface area (Å²) in [5, 5.41) is 0. The molecular formula is C14H28N+. The number of hydrogen-bond acceptors (Lipinski definition) is 0. The first-order valence-corrected chi connectivity index (χ1v) is 7.09. The number of quaternary nitrogens is 1. The summed E-state index contributed by atoms with van der Waals surface area (Å²) < 4.78 is 0. The summed E-state index contributed by atoms with van der Waals surface area (Å²) in [6.07, 6.45) is 8.93. The van der Waals surface area contributed by atoms with E-state index in [9.17, 15) is 0 Å². The van der Waals surface area contributed by atoms with E-state index in [4.69, 9.17) is 0 Å². The third kappa shape index (κ3) is 3.21. The van der Waals surface area contributed by atoms with Crippen molar-refractivity contribution in [2.24, 2.45) is 17.8 Å². The SMILES string of the molecule is CC1CC[NH+](CC2CCCCC2C)CC1. The van der Waals surface area contributed by atoms with Crippen LogP contribution in [0.4, 0.5) is 0 Å². The summed E-state index contributed by atoms with van der Waals surface area (Å²) in [5.74, 6) is 3.05. The quantitative estimate of drug-likeness (QED) is 0.712. The average Bonchev–Trinajstić information content (AvgIpc) is 2.25. The van der Waals surface area contributed by atoms with Gasteiger partial charge in [-0.3, -0.25) is 0 Å². The Kier molecular flexibility index (Phi) is 4.07. The fraction of sp³-hybridized carbons (Fsp3) is 1.00. The van der Waals surface area contributed by atoms with E-state index in [-0.39, 0.29) is 0 Å². The summed E-state index contributed by atoms with van der Waals surface area (Å²) in [5.41, 5.74) is 0. The number of rotatable bonds is 2. The molecule has 88 valence electrons. The van der Waals surface area contributed by atoms with Crippen LogP contribution in [0, 0.1) is 17.8 Å². The molecule has 2 atom stereocenters. The predicted octanol–water partition coefficient (Wildman–Crippen LogP) is 2.13. The molecule has 2 unspecified atom stereocenters. The fourth-order valence-corrected chi connectivity index (χ4v) is 3.44. The largest absolute Gasteiger partial charge is 0.335 e. The molecular weight excluding hydrogens is 182 g/mol. The van der Waals surface area contributed by atoms with Gasteiger partial charge in [-0.1, -0.05) is 33.1 Å². The Morgan fingerprint density at radius 2 is 1.60 bits per heavy atom. The molecule has 1 aliphatic heterocycles. The maximum Gasteiger partial charge on any atom is 0.0802 e. The van der Waals surface area contributed by atoms with Gasteiger partial charge in [0.2, 0.25) is 0 Å². The molecule has 0 amide bonds. The molecule has 1 N–H and O–H groups in total. The molecule has 2 rings (SSSR count). The molecule has 0 aromatic rings. The first-order chi connectivity index (χ1) is 7.25. The molecule has 0 spiro atoms. The van der Waals surface area contributed by atoms with Crippen molar-refractivity contribution in [2.75, 3.05) is 19.6 Å². The van der Waals surface area contributed by atoms with Crippen molar-refractivity contribution in [1.29, 1.82) is 0 Å². The van der Waals surface area contributed by atoms with Crippen molar-refractivity contribution in [3.05, 3.63) is 0 Å². The second-order valence-corrected chi connectivity index (χ2v) is 6.16. The first kappa shape index (κ1) is 11.4. The monoisotopic (exact) mass is 210 g/mol. The van der Waals surface area contributed by atoms with E-state index >= 15 is 0 Å². The lowest BCUT2D eigenvalue weighted by Crippen LogP contribution is -3.13. The molecule has 1 saturated carbocycles. The Morgan fingerprint density at radius 3 is 2.27 bits per heavy atom. The minimum Gasteiger partial charge on any atom is -0.335 e. The Labute approximate surface area is 95.2 Å². The zero-order valence-corrected chi connectivity index (χ0v) is 10.6. The summed E-state index contributed by atoms with van der Waals surface area (Å²) in [7, 11) is 0. The molecule has 0 aromatic heterocycles. The summed E-state index contributed by atoms with van der Waals surface area (Å²) in [4.78, 5) is 1.91. The molecule has 2 fully saturated rings. The summed E-state index contributed by atoms with van der Waals surface area (Å²) in [6.45, 7) is 9.28. The molecule has 1 nitrogen and oxygen atoms in total. The van der Waals surface area contributed by atoms with Gasteiger partial charge >= 0.3 is 0 Å². The second kappa shape index (κ2) is 5.34. The van der Waals surface area contributed by atoms with Crippen LogP contribution in [-0.2, 0) is 0 Å². The number of nitrogens with one attached hydrogen (secondary N) is 1. The van der Waals surface area contributed by atoms with Gasteiger partial charge in [0.05, 0.1) is 19.6 Å². The predicted molar refractivity (Wildman–Crippen MR) is 65.1 cm³/mol. The van der Waals surface area contributed by atoms with Crippen molar-refractivity contribution >= 4 is 0 Å². The molecule has 1 saturated heterocycles. The van der Waals surface area contributed by atoms with Crippen molar-refractivity contribution < 1.29 is 4.90 Å². The zero-order valence-electron chi connectivity index (χ0n) is 10.6. The lowest BCUT2D eigenvalue weighted by atomic mass is 9.80. The highest BCUT2D eigenvalue weighted by atomic mass is 15.1. The summed E-state index contributed by atoms with van der Waals surface area (Å²) in [6, 6.07) is 0. The van der Waals surface area contributed by atoms with Gasteiger partial charge < -0.3 is 4.90 Å². The van der Waals surface area contributed by atoms with E-state index in [1.54, 1.807) is 0 Å². The van der Waals surface area contributed by atoms with Gasteiger partial charge in [0.15, 0.2) is 0 Å². The van der Waals surface area contributed by atoms with Crippen molar-refractivity contribution in [3.8, 4) is 0 Å². The van der Waals surface area contributed by atoms with Gasteiger partial charge in [-0.05, 0) is 31.1 Å². The minimum absolute atomic E-state index is 0.998. The minimum atomic E-state index is 0.998. The molecule has 1 aliphatic carbocycles. The Bertz CT molecular complexity index is 182. The van der Waals surface area contributed by atoms with Crippen LogP contribution in [0.25, 0.3) is 0 Å². The van der Waals surface area contributed by atoms with E-state index in [1.165, 1.54) is 58.2 Å². The Hall–Kier alpha value is -0.0400. The summed E-state index contributed by atoms with van der Waals surface area (Å²) >= 11 is 0. The van der Waals surface area contributed by atoms with Crippen LogP contribution in [-0.4, -0.2) is 19.6 Å². The van der Waals surface area contributed by atoms with Crippen molar-refractivity contribution in [2.45, 2.75) is 52.4 Å². The lowest BCUT2D eigenvalue weighted by Gasteiger charge is -2.34. The molecule has 1 heterocycles. The van der Waals surface area contributed by atoms with Crippen molar-refractivity contribution in [1.82, 2.24) is 0 Å². The zero-order chi connectivity index (χ0) is 10.7. The van der Waals surface area contributed by atoms with Crippen LogP contribution in [0.1, 0.15) is 52.4 Å². The van der Waals surface area contributed by atoms with Crippen LogP contribution in [0.15, 0.2) is 0 Å². The van der Waals surface area contributed by atoms with Crippen molar-refractivity contribution in [3.63, 3.8) is 0 Å². The second-order valence-electron chi connectivity index (χ2n) is 6.16. The highest BCUT2D eigenvalue weighted by Gasteiger charge is 2.27. The normalized spacial score (nSPS) is 42.8. The molecule has 0 radical (unpaired) electrons. The van der Waals surface area contributed by atoms with Gasteiger partial charge in [-0.15, -0.1) is 0 Å². The Balaban J connectivity index is 1.75. The highest BCUT2D eigenvalue weighted by Crippen LogP contribution is 2.28. The van der Waals surface area contributed by atoms with Crippen LogP contribution in [0.2, 0.25) is 0 Å². The smallest absolute Gasteiger partial charge is 0.0802 e. The van der Waals surface area contributed by atoms with E-state index in [1.807, 2.05) is 4.90 Å². The van der Waals surface area contributed by atoms with Gasteiger partial charge in [0, 0.05) is 5.92 Å². The molecule has 15 heavy (non-hydrogen) atoms. The van der Waals surface area contributed by atoms with Crippen LogP contribution in [0.3, 0.4) is 0 Å². The average molecular weight is 210 g/mol. The molecule has 0 bridgehead atoms. The van der Waals surface area contributed by atoms with Crippen LogP contribution >= 0.6 is 0 Å². The standard InChI is InChI=1S/C14H27N/c1-12-7-9-15(10-8-12)11-14-6-4-3-5-13(14)2/h12-14H,3-11H2,1-2H3/p+1. The lowest BCUT2D eigenvalue weighted by molar-refractivity contribution is -0.910. The van der Waals surface area contributed by atoms with Gasteiger partial charge in [-0.2, -0.15) is 0 Å². The first-order valence-electron chi connectivity index (χ1n) is 7.09. The molecule has 2 aliphatic rings. The Morgan fingerprint density at radius 1 is 0.933 bits per heavy atom. The maximum absolute atomic E-state index is 2.48. The molecule has 1 heteroatoms. The van der Waals surface area contributed by atoms with Gasteiger partial charge in [0.25, 0.3) is 0 Å². The third-order valence-electron chi connectivity index (χ3n) is 4.82. The maximum atomic E-state index is 2.48. The third-order valence-corrected chi connectivity index (χ3v) is 4.82. The number of likely N-dealkylation sites (tertiary alicyclic amines) is 1. The van der Waals surface area contributed by atoms with Gasteiger partial charge in [-0.25, -0.2) is 0 Å². The van der Waals surface area contributed by atoms with E-state index < -0.39 is 0 Å². The highest BCUT2D eigenvalue weighted by molar-refractivity contribution is 4.71. The van der Waals surface area contributed by atoms with Crippen LogP contribution < -0.4 is 4.90 Å². The van der Waals surface area contributed by atoms with Crippen LogP contribution in [0.5, 0.6) is 0 Å². The number of piperidine rings is 1. The molecule has 0 aromatic carbocycles. The van der Waals surface area contributed by atoms with E-state index in [0.717, 1.165) is 17.8 Å². The number of hydrogen-bond donors (Lipinski definition) is 1. The van der Waals surface area contributed by atoms with E-state index in [2.05, 4.69) is 13.8 Å². The topological polar surface area (TPSA) is 4.44 Å². The van der Waals surface area contributed by atoms with E-state index in [0.29, 0.717) is 0 Å². The fourth-order valence-electron chi connectivity index (χ4n) is 3.44.